The summed E-state index contributed by atoms with van der Waals surface area (Å²) >= 11 is 0. The number of benzene rings is 2. The molecule has 2 aromatic rings. The van der Waals surface area contributed by atoms with Gasteiger partial charge in [0.05, 0.1) is 5.56 Å². The van der Waals surface area contributed by atoms with E-state index in [-0.39, 0.29) is 17.4 Å². The zero-order valence-electron chi connectivity index (χ0n) is 14.9. The molecule has 0 bridgehead atoms. The average Bonchev–Trinajstić information content (AvgIpc) is 2.55. The zero-order valence-corrected chi connectivity index (χ0v) is 14.9. The number of aryl methyl sites for hydroxylation is 2. The van der Waals surface area contributed by atoms with Gasteiger partial charge < -0.3 is 10.6 Å². The van der Waals surface area contributed by atoms with Crippen molar-refractivity contribution in [3.05, 3.63) is 65.0 Å². The first-order chi connectivity index (χ1) is 11.8. The van der Waals surface area contributed by atoms with Crippen molar-refractivity contribution in [1.29, 1.82) is 0 Å². The number of amides is 2. The van der Waals surface area contributed by atoms with Crippen molar-refractivity contribution in [2.45, 2.75) is 33.7 Å². The van der Waals surface area contributed by atoms with E-state index in [1.165, 1.54) is 18.2 Å². The maximum atomic E-state index is 13.8. The van der Waals surface area contributed by atoms with Crippen molar-refractivity contribution in [1.82, 2.24) is 5.32 Å². The molecule has 0 radical (unpaired) electrons. The summed E-state index contributed by atoms with van der Waals surface area (Å²) in [5.41, 5.74) is 2.78. The van der Waals surface area contributed by atoms with Crippen LogP contribution in [0.15, 0.2) is 42.5 Å². The van der Waals surface area contributed by atoms with Crippen LogP contribution < -0.4 is 10.6 Å². The van der Waals surface area contributed by atoms with Crippen LogP contribution in [0.5, 0.6) is 0 Å². The van der Waals surface area contributed by atoms with E-state index in [9.17, 15) is 14.0 Å². The molecule has 0 aliphatic heterocycles. The van der Waals surface area contributed by atoms with E-state index in [1.54, 1.807) is 6.07 Å². The number of hydrogen-bond donors (Lipinski definition) is 2. The first kappa shape index (κ1) is 18.6. The van der Waals surface area contributed by atoms with Crippen molar-refractivity contribution < 1.29 is 14.0 Å². The van der Waals surface area contributed by atoms with Crippen LogP contribution in [-0.4, -0.2) is 17.9 Å². The Labute approximate surface area is 147 Å². The highest BCUT2D eigenvalue weighted by Crippen LogP contribution is 2.16. The van der Waals surface area contributed by atoms with Gasteiger partial charge in [-0.05, 0) is 55.2 Å². The Balaban J connectivity index is 2.14. The molecule has 2 rings (SSSR count). The maximum absolute atomic E-state index is 13.8. The highest BCUT2D eigenvalue weighted by Gasteiger charge is 2.25. The third-order valence-electron chi connectivity index (χ3n) is 4.13. The van der Waals surface area contributed by atoms with E-state index >= 15 is 0 Å². The fourth-order valence-corrected chi connectivity index (χ4v) is 2.44. The second-order valence-electron chi connectivity index (χ2n) is 6.46. The molecule has 2 N–H and O–H groups in total. The molecule has 4 nitrogen and oxygen atoms in total. The van der Waals surface area contributed by atoms with E-state index in [1.807, 2.05) is 45.9 Å². The molecule has 0 aliphatic carbocycles. The SMILES string of the molecule is Cc1ccc(NC(=O)[C@@H](NC(=O)c2ccccc2F)C(C)C)cc1C. The third kappa shape index (κ3) is 4.66. The second kappa shape index (κ2) is 7.92. The lowest BCUT2D eigenvalue weighted by atomic mass is 10.0. The van der Waals surface area contributed by atoms with Gasteiger partial charge in [0.1, 0.15) is 11.9 Å². The Morgan fingerprint density at radius 1 is 1.00 bits per heavy atom. The molecule has 0 saturated heterocycles. The van der Waals surface area contributed by atoms with Gasteiger partial charge in [-0.1, -0.05) is 32.0 Å². The Morgan fingerprint density at radius 2 is 1.68 bits per heavy atom. The lowest BCUT2D eigenvalue weighted by Gasteiger charge is -2.22. The van der Waals surface area contributed by atoms with Crippen LogP contribution in [-0.2, 0) is 4.79 Å². The van der Waals surface area contributed by atoms with E-state index in [0.29, 0.717) is 5.69 Å². The molecule has 0 aromatic heterocycles. The van der Waals surface area contributed by atoms with Crippen LogP contribution in [0.2, 0.25) is 0 Å². The van der Waals surface area contributed by atoms with Crippen LogP contribution in [0.4, 0.5) is 10.1 Å². The van der Waals surface area contributed by atoms with Gasteiger partial charge in [0.25, 0.3) is 5.91 Å². The van der Waals surface area contributed by atoms with Crippen LogP contribution in [0, 0.1) is 25.6 Å². The van der Waals surface area contributed by atoms with E-state index in [2.05, 4.69) is 10.6 Å². The first-order valence-corrected chi connectivity index (χ1v) is 8.23. The summed E-state index contributed by atoms with van der Waals surface area (Å²) in [6.45, 7) is 7.61. The summed E-state index contributed by atoms with van der Waals surface area (Å²) in [5.74, 6) is -1.70. The number of rotatable bonds is 5. The Hall–Kier alpha value is -2.69. The Morgan fingerprint density at radius 3 is 2.28 bits per heavy atom. The highest BCUT2D eigenvalue weighted by molar-refractivity contribution is 6.01. The minimum atomic E-state index is -0.770. The van der Waals surface area contributed by atoms with Crippen LogP contribution in [0.1, 0.15) is 35.3 Å². The topological polar surface area (TPSA) is 58.2 Å². The van der Waals surface area contributed by atoms with Crippen molar-refractivity contribution in [2.75, 3.05) is 5.32 Å². The van der Waals surface area contributed by atoms with Gasteiger partial charge >= 0.3 is 0 Å². The maximum Gasteiger partial charge on any atom is 0.254 e. The van der Waals surface area contributed by atoms with Gasteiger partial charge in [-0.15, -0.1) is 0 Å². The van der Waals surface area contributed by atoms with Crippen LogP contribution in [0.3, 0.4) is 0 Å². The number of anilines is 1. The van der Waals surface area contributed by atoms with E-state index in [0.717, 1.165) is 11.1 Å². The molecule has 1 atom stereocenters. The lowest BCUT2D eigenvalue weighted by Crippen LogP contribution is -2.47. The Kier molecular flexibility index (Phi) is 5.91. The molecule has 0 unspecified atom stereocenters. The van der Waals surface area contributed by atoms with Gasteiger partial charge in [-0.2, -0.15) is 0 Å². The summed E-state index contributed by atoms with van der Waals surface area (Å²) in [7, 11) is 0. The number of carbonyl (C=O) groups is 2. The van der Waals surface area contributed by atoms with E-state index in [4.69, 9.17) is 0 Å². The molecule has 0 spiro atoms. The molecular formula is C20H23FN2O2. The summed E-state index contributed by atoms with van der Waals surface area (Å²) in [4.78, 5) is 24.9. The monoisotopic (exact) mass is 342 g/mol. The molecule has 5 heteroatoms. The lowest BCUT2D eigenvalue weighted by molar-refractivity contribution is -0.118. The second-order valence-corrected chi connectivity index (χ2v) is 6.46. The predicted molar refractivity (Wildman–Crippen MR) is 97.0 cm³/mol. The van der Waals surface area contributed by atoms with Crippen molar-refractivity contribution in [3.63, 3.8) is 0 Å². The summed E-state index contributed by atoms with van der Waals surface area (Å²) in [5, 5.41) is 5.44. The van der Waals surface area contributed by atoms with E-state index < -0.39 is 17.8 Å². The van der Waals surface area contributed by atoms with Crippen molar-refractivity contribution in [3.8, 4) is 0 Å². The standard InChI is InChI=1S/C20H23FN2O2/c1-12(2)18(23-19(24)16-7-5-6-8-17(16)21)20(25)22-15-10-9-13(3)14(4)11-15/h5-12,18H,1-4H3,(H,22,25)(H,23,24)/t18-/m0/s1. The minimum Gasteiger partial charge on any atom is -0.340 e. The minimum absolute atomic E-state index is 0.0767. The smallest absolute Gasteiger partial charge is 0.254 e. The molecule has 0 fully saturated rings. The van der Waals surface area contributed by atoms with Gasteiger partial charge in [-0.3, -0.25) is 9.59 Å². The van der Waals surface area contributed by atoms with Gasteiger partial charge in [0.15, 0.2) is 0 Å². The summed E-state index contributed by atoms with van der Waals surface area (Å²) in [6.07, 6.45) is 0. The molecule has 2 amide bonds. The van der Waals surface area contributed by atoms with Crippen LogP contribution >= 0.6 is 0 Å². The van der Waals surface area contributed by atoms with Gasteiger partial charge in [0.2, 0.25) is 5.91 Å². The molecular weight excluding hydrogens is 319 g/mol. The Bertz CT molecular complexity index is 787. The molecule has 132 valence electrons. The quantitative estimate of drug-likeness (QED) is 0.867. The zero-order chi connectivity index (χ0) is 18.6. The van der Waals surface area contributed by atoms with Gasteiger partial charge in [-0.25, -0.2) is 4.39 Å². The number of halogens is 1. The fourth-order valence-electron chi connectivity index (χ4n) is 2.44. The average molecular weight is 342 g/mol. The summed E-state index contributed by atoms with van der Waals surface area (Å²) in [6, 6.07) is 10.6. The fraction of sp³-hybridized carbons (Fsp3) is 0.300. The predicted octanol–water partition coefficient (Wildman–Crippen LogP) is 3.84. The highest BCUT2D eigenvalue weighted by atomic mass is 19.1. The molecule has 25 heavy (non-hydrogen) atoms. The number of nitrogens with one attached hydrogen (secondary N) is 2. The first-order valence-electron chi connectivity index (χ1n) is 8.23. The van der Waals surface area contributed by atoms with Gasteiger partial charge in [0, 0.05) is 5.69 Å². The molecule has 0 saturated carbocycles. The molecule has 0 heterocycles. The molecule has 2 aromatic carbocycles. The van der Waals surface area contributed by atoms with Crippen LogP contribution in [0.25, 0.3) is 0 Å². The molecule has 0 aliphatic rings. The number of hydrogen-bond acceptors (Lipinski definition) is 2. The third-order valence-corrected chi connectivity index (χ3v) is 4.13. The van der Waals surface area contributed by atoms with Crippen molar-refractivity contribution in [2.24, 2.45) is 5.92 Å². The van der Waals surface area contributed by atoms with Crippen molar-refractivity contribution >= 4 is 17.5 Å². The number of carbonyl (C=O) groups excluding carboxylic acids is 2. The normalized spacial score (nSPS) is 11.9. The summed E-state index contributed by atoms with van der Waals surface area (Å²) < 4.78 is 13.8. The largest absolute Gasteiger partial charge is 0.340 e.